The van der Waals surface area contributed by atoms with Crippen molar-refractivity contribution in [2.45, 2.75) is 96.4 Å². The van der Waals surface area contributed by atoms with Gasteiger partial charge in [-0.2, -0.15) is 0 Å². The number of benzene rings is 2. The molecule has 2 aromatic rings. The number of hydrogen-bond acceptors (Lipinski definition) is 11. The first-order valence-electron chi connectivity index (χ1n) is 26.8. The summed E-state index contributed by atoms with van der Waals surface area (Å²) < 4.78 is 0. The van der Waals surface area contributed by atoms with Crippen molar-refractivity contribution < 1.29 is 47.9 Å². The summed E-state index contributed by atoms with van der Waals surface area (Å²) in [6.45, 7) is 6.01. The third-order valence-corrected chi connectivity index (χ3v) is 21.3. The first-order valence-corrected chi connectivity index (χ1v) is 30.4. The Labute approximate surface area is 472 Å². The summed E-state index contributed by atoms with van der Waals surface area (Å²) in [6.07, 6.45) is 0.149. The van der Waals surface area contributed by atoms with Crippen molar-refractivity contribution in [2.24, 2.45) is 17.6 Å². The van der Waals surface area contributed by atoms with Crippen LogP contribution in [0.25, 0.3) is 0 Å². The van der Waals surface area contributed by atoms with E-state index < -0.39 is 108 Å². The maximum absolute atomic E-state index is 13.9. The summed E-state index contributed by atoms with van der Waals surface area (Å²) >= 11 is 0. The molecule has 5 unspecified atom stereocenters. The molecular formula is C43H75B14N9O10S2. The molecule has 0 heterocycles. The van der Waals surface area contributed by atoms with Crippen LogP contribution in [0.3, 0.4) is 0 Å². The van der Waals surface area contributed by atoms with E-state index in [1.165, 1.54) is 0 Å². The summed E-state index contributed by atoms with van der Waals surface area (Å²) in [6, 6.07) is 19.8. The topological polar surface area (TPSA) is 293 Å². The molecule has 2 aromatic carbocycles. The molecule has 19 nitrogen and oxygen atoms in total. The zero-order chi connectivity index (χ0) is 58.8. The van der Waals surface area contributed by atoms with Gasteiger partial charge in [0.05, 0.1) is 6.04 Å². The van der Waals surface area contributed by atoms with Crippen LogP contribution < -0.4 is 48.3 Å². The van der Waals surface area contributed by atoms with Crippen molar-refractivity contribution in [3.8, 4) is 0 Å². The Morgan fingerprint density at radius 3 is 1.15 bits per heavy atom. The van der Waals surface area contributed by atoms with Gasteiger partial charge in [-0.25, -0.2) is 0 Å². The molecule has 0 saturated heterocycles. The molecule has 78 heavy (non-hydrogen) atoms. The van der Waals surface area contributed by atoms with E-state index in [0.717, 1.165) is 0 Å². The summed E-state index contributed by atoms with van der Waals surface area (Å²) in [4.78, 5) is 134. The molecule has 0 bridgehead atoms. The number of rotatable bonds is 30. The molecule has 0 aliphatic carbocycles. The van der Waals surface area contributed by atoms with Crippen LogP contribution in [0.2, 0.25) is 0 Å². The van der Waals surface area contributed by atoms with Gasteiger partial charge in [0.1, 0.15) is 0 Å². The van der Waals surface area contributed by atoms with Gasteiger partial charge in [-0.3, -0.25) is 9.59 Å². The predicted molar refractivity (Wildman–Crippen MR) is 344 cm³/mol. The second-order valence-corrected chi connectivity index (χ2v) is 28.1. The molecule has 0 spiro atoms. The van der Waals surface area contributed by atoms with Crippen LogP contribution >= 0.6 is 17.5 Å². The normalized spacial score (nSPS) is 12.9. The van der Waals surface area contributed by atoms with Crippen LogP contribution in [-0.2, 0) is 60.8 Å². The van der Waals surface area contributed by atoms with E-state index in [1.54, 1.807) is 60.7 Å². The Hall–Kier alpha value is -4.89. The van der Waals surface area contributed by atoms with Crippen LogP contribution in [0, 0.1) is 11.8 Å². The second-order valence-electron chi connectivity index (χ2n) is 20.4. The van der Waals surface area contributed by atoms with Gasteiger partial charge < -0.3 is 16.4 Å². The molecule has 0 aromatic heterocycles. The van der Waals surface area contributed by atoms with E-state index in [9.17, 15) is 47.9 Å². The molecule has 8 amide bonds. The average molecular weight is 1090 g/mol. The minimum absolute atomic E-state index is 0.0251. The summed E-state index contributed by atoms with van der Waals surface area (Å²) in [5, 5.41) is 21.0. The maximum atomic E-state index is 13.9. The predicted octanol–water partition coefficient (Wildman–Crippen LogP) is -10.1. The van der Waals surface area contributed by atoms with Crippen LogP contribution in [0.4, 0.5) is 0 Å². The van der Waals surface area contributed by atoms with Crippen molar-refractivity contribution in [3.63, 3.8) is 0 Å². The summed E-state index contributed by atoms with van der Waals surface area (Å²) in [5.41, 5.74) is 7.53. The first-order chi connectivity index (χ1) is 36.8. The van der Waals surface area contributed by atoms with Crippen LogP contribution in [0.5, 0.6) is 0 Å². The van der Waals surface area contributed by atoms with Crippen molar-refractivity contribution in [1.82, 2.24) is 42.5 Å². The molecule has 0 aliphatic rings. The van der Waals surface area contributed by atoms with E-state index in [1.807, 2.05) is 114 Å². The Morgan fingerprint density at radius 1 is 0.474 bits per heavy atom. The summed E-state index contributed by atoms with van der Waals surface area (Å²) in [5.74, 6) is -5.19. The van der Waals surface area contributed by atoms with E-state index in [4.69, 9.17) is 5.73 Å². The van der Waals surface area contributed by atoms with Gasteiger partial charge in [-0.1, -0.05) is 36.4 Å². The van der Waals surface area contributed by atoms with E-state index >= 15 is 0 Å². The number of carbonyl (C=O) groups is 10. The molecule has 0 radical (unpaired) electrons. The van der Waals surface area contributed by atoms with Gasteiger partial charge in [0.25, 0.3) is 0 Å². The molecule has 0 saturated carbocycles. The van der Waals surface area contributed by atoms with Gasteiger partial charge in [0.2, 0.25) is 11.8 Å². The van der Waals surface area contributed by atoms with Crippen LogP contribution in [0.15, 0.2) is 60.7 Å². The first kappa shape index (κ1) is 69.2. The van der Waals surface area contributed by atoms with Gasteiger partial charge in [0.15, 0.2) is 0 Å². The molecule has 0 aliphatic heterocycles. The Bertz CT molecular complexity index is 2670. The zero-order valence-electron chi connectivity index (χ0n) is 47.8. The zero-order valence-corrected chi connectivity index (χ0v) is 49.5. The van der Waals surface area contributed by atoms with Crippen LogP contribution in [-0.4, -0.2) is 212 Å². The third-order valence-electron chi connectivity index (χ3n) is 13.2. The third kappa shape index (κ3) is 22.7. The van der Waals surface area contributed by atoms with Crippen molar-refractivity contribution >= 4 is 173 Å². The number of carbonyl (C=O) groups excluding carboxylic acids is 10. The summed E-state index contributed by atoms with van der Waals surface area (Å²) in [7, 11) is 11.4. The molecule has 35 heteroatoms. The molecular weight excluding hydrogens is 1020 g/mol. The van der Waals surface area contributed by atoms with Crippen molar-refractivity contribution in [3.05, 3.63) is 71.8 Å². The standard InChI is InChI=1S/C43H75B14N9O10S2/c1-25(2)17-30(40(73)61-23-37(70)77(52-44,53-45)56(48)49)65-42(75)32(19-27-11-7-5-8-12-27)63-35(68)21-59-34(67)16-15-29(58)39(72)60-22-36(69)64-33(20-28-13-9-6-10-14-28)43(76)66-31(18-26(3)4)41(74)62-24-38(71)78(54-46,55-47)57(50)51/h5-14,25-26,29-33H,15-24,44-51,58H2,1-4H3,(H,59,67)(H,60,72)(H,61,73)(H,62,74)(H,63,68)(H,64,69)(H,65,75)(H,66,76). The van der Waals surface area contributed by atoms with Gasteiger partial charge in [-0.05, 0) is 6.42 Å². The van der Waals surface area contributed by atoms with Gasteiger partial charge in [-0.15, -0.1) is 0 Å². The number of hydrogen-bond donors (Lipinski definition) is 9. The fraction of sp³-hybridized carbons (Fsp3) is 0.488. The molecule has 2 rings (SSSR count). The monoisotopic (exact) mass is 1100 g/mol. The number of amides is 8. The van der Waals surface area contributed by atoms with Crippen molar-refractivity contribution in [2.75, 3.05) is 26.2 Å². The molecule has 406 valence electrons. The Balaban J connectivity index is 2.07. The van der Waals surface area contributed by atoms with Gasteiger partial charge in [0, 0.05) is 6.42 Å². The average Bonchev–Trinajstić information content (AvgIpc) is 3.40. The van der Waals surface area contributed by atoms with Crippen molar-refractivity contribution in [1.29, 1.82) is 0 Å². The minimum atomic E-state index is -1.89. The number of nitrogens with two attached hydrogens (primary N) is 1. The fourth-order valence-electron chi connectivity index (χ4n) is 8.77. The van der Waals surface area contributed by atoms with Gasteiger partial charge >= 0.3 is 382 Å². The fourth-order valence-corrected chi connectivity index (χ4v) is 14.2. The van der Waals surface area contributed by atoms with Crippen LogP contribution in [0.1, 0.15) is 64.5 Å². The van der Waals surface area contributed by atoms with E-state index in [0.29, 0.717) is 11.1 Å². The SMILES string of the molecule is BB=S(=BB)(B(B)B)C(=O)CNC(=O)C(CC(C)C)NC(=O)C(Cc1ccccc1)NC(=O)CNC(=O)CCC(N)C(=O)NCC(=O)NC(Cc1ccccc1)C(=O)NC(CC(C)C)C(=O)NCC(=O)S(=BB)(=BB)B(B)B. The molecule has 10 N–H and O–H groups in total. The molecule has 0 fully saturated rings. The Morgan fingerprint density at radius 2 is 0.821 bits per heavy atom. The Kier molecular flexibility index (Phi) is 31.0. The van der Waals surface area contributed by atoms with E-state index in [2.05, 4.69) is 42.5 Å². The quantitative estimate of drug-likeness (QED) is 0.0331. The van der Waals surface area contributed by atoms with E-state index in [-0.39, 0.29) is 85.2 Å². The second kappa shape index (κ2) is 35.0. The molecule has 5 atom stereocenters. The number of nitrogens with one attached hydrogen (secondary N) is 8.